The van der Waals surface area contributed by atoms with Gasteiger partial charge in [-0.3, -0.25) is 19.3 Å². The number of ether oxygens (including phenoxy) is 2. The van der Waals surface area contributed by atoms with Gasteiger partial charge in [-0.1, -0.05) is 60.7 Å². The number of aliphatic hydroxyl groups is 1. The van der Waals surface area contributed by atoms with Gasteiger partial charge in [-0.2, -0.15) is 0 Å². The minimum atomic E-state index is -1.39. The maximum atomic E-state index is 13.6. The number of amides is 5. The third-order valence-electron chi connectivity index (χ3n) is 7.99. The summed E-state index contributed by atoms with van der Waals surface area (Å²) >= 11 is 0. The number of aliphatic hydroxyl groups excluding tert-OH is 1. The molecule has 1 heterocycles. The minimum Gasteiger partial charge on any atom is -0.445 e. The number of likely N-dealkylation sites (tertiary alicyclic amines) is 1. The van der Waals surface area contributed by atoms with Crippen molar-refractivity contribution >= 4 is 29.9 Å². The molecule has 1 aliphatic heterocycles. The Morgan fingerprint density at radius 3 is 2.06 bits per heavy atom. The van der Waals surface area contributed by atoms with Crippen LogP contribution >= 0.6 is 0 Å². The van der Waals surface area contributed by atoms with Gasteiger partial charge in [0, 0.05) is 24.7 Å². The molecule has 2 aromatic carbocycles. The molecule has 5 amide bonds. The number of nitrogens with one attached hydrogen (secondary N) is 4. The fourth-order valence-corrected chi connectivity index (χ4v) is 5.62. The molecule has 14 heteroatoms. The van der Waals surface area contributed by atoms with E-state index in [0.717, 1.165) is 11.1 Å². The molecule has 0 saturated carbocycles. The number of alkyl carbamates (subject to hydrolysis) is 2. The third-order valence-corrected chi connectivity index (χ3v) is 7.99. The molecule has 5 atom stereocenters. The van der Waals surface area contributed by atoms with Gasteiger partial charge in [-0.25, -0.2) is 9.59 Å². The van der Waals surface area contributed by atoms with E-state index in [-0.39, 0.29) is 31.5 Å². The number of carbonyl (C=O) groups excluding carboxylic acids is 5. The number of benzene rings is 2. The Morgan fingerprint density at radius 2 is 1.50 bits per heavy atom. The van der Waals surface area contributed by atoms with E-state index in [1.54, 1.807) is 45.0 Å². The zero-order chi connectivity index (χ0) is 37.1. The summed E-state index contributed by atoms with van der Waals surface area (Å²) in [5.74, 6) is -1.95. The van der Waals surface area contributed by atoms with Crippen molar-refractivity contribution in [3.63, 3.8) is 0 Å². The van der Waals surface area contributed by atoms with Crippen LogP contribution in [0.3, 0.4) is 0 Å². The molecule has 0 bridgehead atoms. The summed E-state index contributed by atoms with van der Waals surface area (Å²) < 4.78 is 10.6. The molecule has 2 aromatic rings. The normalized spacial score (nSPS) is 18.2. The van der Waals surface area contributed by atoms with Gasteiger partial charge < -0.3 is 41.6 Å². The van der Waals surface area contributed by atoms with E-state index in [4.69, 9.17) is 15.2 Å². The predicted octanol–water partition coefficient (Wildman–Crippen LogP) is 2.13. The second-order valence-corrected chi connectivity index (χ2v) is 14.5. The van der Waals surface area contributed by atoms with E-state index in [9.17, 15) is 29.1 Å². The maximum absolute atomic E-state index is 13.6. The van der Waals surface area contributed by atoms with Crippen LogP contribution in [0, 0.1) is 0 Å². The van der Waals surface area contributed by atoms with Crippen LogP contribution in [-0.2, 0) is 36.9 Å². The second kappa shape index (κ2) is 17.8. The molecular weight excluding hydrogens is 644 g/mol. The average molecular weight is 697 g/mol. The highest BCUT2D eigenvalue weighted by Gasteiger charge is 2.43. The number of rotatable bonds is 14. The number of nitrogens with two attached hydrogens (primary N) is 1. The van der Waals surface area contributed by atoms with Crippen LogP contribution in [0.2, 0.25) is 0 Å². The van der Waals surface area contributed by atoms with Crippen molar-refractivity contribution in [1.29, 1.82) is 0 Å². The van der Waals surface area contributed by atoms with Crippen LogP contribution in [-0.4, -0.2) is 94.4 Å². The molecule has 0 spiro atoms. The molecule has 274 valence electrons. The summed E-state index contributed by atoms with van der Waals surface area (Å²) in [5.41, 5.74) is 5.81. The summed E-state index contributed by atoms with van der Waals surface area (Å²) in [6, 6.07) is 14.7. The average Bonchev–Trinajstić information content (AvgIpc) is 3.46. The topological polar surface area (TPSA) is 201 Å². The van der Waals surface area contributed by atoms with Crippen molar-refractivity contribution in [3.8, 4) is 0 Å². The zero-order valence-corrected chi connectivity index (χ0v) is 29.7. The van der Waals surface area contributed by atoms with Gasteiger partial charge in [0.15, 0.2) is 0 Å². The highest BCUT2D eigenvalue weighted by atomic mass is 16.6. The molecule has 1 saturated heterocycles. The molecule has 50 heavy (non-hydrogen) atoms. The Kier molecular flexibility index (Phi) is 14.2. The van der Waals surface area contributed by atoms with E-state index in [1.165, 1.54) is 0 Å². The van der Waals surface area contributed by atoms with Gasteiger partial charge in [0.05, 0.1) is 24.6 Å². The molecule has 3 rings (SSSR count). The van der Waals surface area contributed by atoms with E-state index in [0.29, 0.717) is 13.0 Å². The fraction of sp³-hybridized carbons (Fsp3) is 0.528. The summed E-state index contributed by atoms with van der Waals surface area (Å²) in [4.78, 5) is 65.9. The van der Waals surface area contributed by atoms with Gasteiger partial charge in [-0.15, -0.1) is 0 Å². The first kappa shape index (κ1) is 39.7. The zero-order valence-electron chi connectivity index (χ0n) is 29.7. The third kappa shape index (κ3) is 13.3. The highest BCUT2D eigenvalue weighted by molar-refractivity contribution is 5.90. The lowest BCUT2D eigenvalue weighted by Crippen LogP contribution is -2.57. The Bertz CT molecular complexity index is 1440. The van der Waals surface area contributed by atoms with Crippen LogP contribution in [0.15, 0.2) is 60.7 Å². The monoisotopic (exact) mass is 696 g/mol. The van der Waals surface area contributed by atoms with Crippen LogP contribution in [0.5, 0.6) is 0 Å². The first-order valence-electron chi connectivity index (χ1n) is 16.7. The quantitative estimate of drug-likeness (QED) is 0.171. The second-order valence-electron chi connectivity index (χ2n) is 14.5. The largest absolute Gasteiger partial charge is 0.445 e. The molecule has 1 aliphatic rings. The molecule has 14 nitrogen and oxygen atoms in total. The summed E-state index contributed by atoms with van der Waals surface area (Å²) in [6.07, 6.45) is -2.79. The lowest BCUT2D eigenvalue weighted by atomic mass is 10.00. The van der Waals surface area contributed by atoms with E-state index >= 15 is 0 Å². The van der Waals surface area contributed by atoms with Gasteiger partial charge in [0.25, 0.3) is 0 Å². The number of nitrogens with zero attached hydrogens (tertiary/aromatic N) is 1. The van der Waals surface area contributed by atoms with Crippen molar-refractivity contribution in [2.45, 2.75) is 109 Å². The number of carbonyl (C=O) groups is 5. The molecular formula is C36H52N6O8. The van der Waals surface area contributed by atoms with Crippen molar-refractivity contribution in [1.82, 2.24) is 26.2 Å². The predicted molar refractivity (Wildman–Crippen MR) is 186 cm³/mol. The molecule has 0 radical (unpaired) electrons. The van der Waals surface area contributed by atoms with E-state index in [2.05, 4.69) is 21.3 Å². The Hall–Kier alpha value is -4.69. The molecule has 0 aliphatic carbocycles. The van der Waals surface area contributed by atoms with E-state index < -0.39 is 65.8 Å². The van der Waals surface area contributed by atoms with Gasteiger partial charge in [0.1, 0.15) is 18.2 Å². The van der Waals surface area contributed by atoms with Gasteiger partial charge in [0.2, 0.25) is 17.7 Å². The molecule has 1 fully saturated rings. The first-order valence-corrected chi connectivity index (χ1v) is 16.7. The standard InChI is InChI=1S/C36H52N6O8/c1-35(2,3)42-21-25(39-34(48)50-36(4,5)6)18-28(42)32(46)38-20-29(43)26(17-23-13-9-7-10-14-23)40-31(45)27(19-30(37)44)41-33(47)49-22-24-15-11-8-12-16-24/h7-16,25-29,43H,17-22H2,1-6H3,(H2,37,44)(H,38,46)(H,39,48)(H,40,45)(H,41,47)/t25-,26+,27+,28+,29-/m1/s1. The summed E-state index contributed by atoms with van der Waals surface area (Å²) in [5, 5.41) is 22.1. The maximum Gasteiger partial charge on any atom is 0.408 e. The van der Waals surface area contributed by atoms with Crippen molar-refractivity contribution < 1.29 is 38.6 Å². The Labute approximate surface area is 293 Å². The first-order chi connectivity index (χ1) is 23.4. The fourth-order valence-electron chi connectivity index (χ4n) is 5.62. The molecule has 0 unspecified atom stereocenters. The summed E-state index contributed by atoms with van der Waals surface area (Å²) in [7, 11) is 0. The van der Waals surface area contributed by atoms with Crippen LogP contribution in [0.1, 0.15) is 65.5 Å². The van der Waals surface area contributed by atoms with Crippen molar-refractivity contribution in [2.75, 3.05) is 13.1 Å². The van der Waals surface area contributed by atoms with Crippen molar-refractivity contribution in [2.24, 2.45) is 5.73 Å². The van der Waals surface area contributed by atoms with Gasteiger partial charge in [-0.05, 0) is 65.5 Å². The molecule has 7 N–H and O–H groups in total. The van der Waals surface area contributed by atoms with Gasteiger partial charge >= 0.3 is 12.2 Å². The van der Waals surface area contributed by atoms with Crippen LogP contribution in [0.25, 0.3) is 0 Å². The highest BCUT2D eigenvalue weighted by Crippen LogP contribution is 2.27. The lowest BCUT2D eigenvalue weighted by molar-refractivity contribution is -0.128. The number of hydrogen-bond acceptors (Lipinski definition) is 9. The number of hydrogen-bond donors (Lipinski definition) is 6. The lowest BCUT2D eigenvalue weighted by Gasteiger charge is -2.36. The van der Waals surface area contributed by atoms with E-state index in [1.807, 2.05) is 62.1 Å². The summed E-state index contributed by atoms with van der Waals surface area (Å²) in [6.45, 7) is 11.4. The van der Waals surface area contributed by atoms with Crippen LogP contribution < -0.4 is 27.0 Å². The molecule has 0 aromatic heterocycles. The van der Waals surface area contributed by atoms with Crippen molar-refractivity contribution in [3.05, 3.63) is 71.8 Å². The smallest absolute Gasteiger partial charge is 0.408 e. The Morgan fingerprint density at radius 1 is 0.900 bits per heavy atom. The SMILES string of the molecule is CC(C)(C)OC(=O)N[C@@H]1C[C@@H](C(=O)NC[C@@H](O)[C@H](Cc2ccccc2)NC(=O)[C@H](CC(N)=O)NC(=O)OCc2ccccc2)N(C(C)(C)C)C1. The van der Waals surface area contributed by atoms with Crippen LogP contribution in [0.4, 0.5) is 9.59 Å². The Balaban J connectivity index is 1.69. The minimum absolute atomic E-state index is 0.0575. The number of primary amides is 1.